The molecule has 0 spiro atoms. The Morgan fingerprint density at radius 2 is 2.08 bits per heavy atom. The van der Waals surface area contributed by atoms with Crippen LogP contribution < -0.4 is 0 Å². The first-order valence-corrected chi connectivity index (χ1v) is 7.81. The van der Waals surface area contributed by atoms with Gasteiger partial charge in [-0.05, 0) is 26.3 Å². The zero-order valence-corrected chi connectivity index (χ0v) is 14.2. The molecular formula is C16H21F3N4O. The lowest BCUT2D eigenvalue weighted by molar-refractivity contribution is -0.136. The van der Waals surface area contributed by atoms with Crippen molar-refractivity contribution >= 4 is 16.9 Å². The lowest BCUT2D eigenvalue weighted by atomic mass is 10.1. The van der Waals surface area contributed by atoms with Crippen molar-refractivity contribution in [3.63, 3.8) is 0 Å². The number of carbonyl (C=O) groups is 1. The van der Waals surface area contributed by atoms with Crippen LogP contribution in [0.15, 0.2) is 12.3 Å². The van der Waals surface area contributed by atoms with E-state index in [1.54, 1.807) is 23.9 Å². The molecule has 1 amide bonds. The van der Waals surface area contributed by atoms with Crippen molar-refractivity contribution in [2.75, 3.05) is 13.6 Å². The van der Waals surface area contributed by atoms with Gasteiger partial charge in [-0.25, -0.2) is 9.67 Å². The molecule has 132 valence electrons. The molecule has 2 aromatic heterocycles. The van der Waals surface area contributed by atoms with E-state index in [2.05, 4.69) is 10.1 Å². The van der Waals surface area contributed by atoms with E-state index in [-0.39, 0.29) is 12.6 Å². The van der Waals surface area contributed by atoms with E-state index in [0.717, 1.165) is 11.3 Å². The van der Waals surface area contributed by atoms with Crippen molar-refractivity contribution in [1.29, 1.82) is 0 Å². The fourth-order valence-corrected chi connectivity index (χ4v) is 2.42. The molecule has 0 aliphatic rings. The molecule has 24 heavy (non-hydrogen) atoms. The van der Waals surface area contributed by atoms with Crippen LogP contribution >= 0.6 is 0 Å². The predicted molar refractivity (Wildman–Crippen MR) is 84.9 cm³/mol. The summed E-state index contributed by atoms with van der Waals surface area (Å²) in [6.45, 7) is 5.38. The summed E-state index contributed by atoms with van der Waals surface area (Å²) in [4.78, 5) is 18.1. The maximum Gasteiger partial charge on any atom is 0.390 e. The summed E-state index contributed by atoms with van der Waals surface area (Å²) in [6.07, 6.45) is -2.92. The minimum Gasteiger partial charge on any atom is -0.341 e. The number of aromatic nitrogens is 3. The Morgan fingerprint density at radius 1 is 1.42 bits per heavy atom. The molecule has 0 saturated carbocycles. The first-order valence-electron chi connectivity index (χ1n) is 7.81. The number of pyridine rings is 1. The van der Waals surface area contributed by atoms with Crippen molar-refractivity contribution in [3.05, 3.63) is 23.5 Å². The topological polar surface area (TPSA) is 51.0 Å². The number of carbonyl (C=O) groups excluding carboxylic acids is 1. The Hall–Kier alpha value is -2.12. The molecule has 8 heteroatoms. The maximum absolute atomic E-state index is 12.6. The number of hydrogen-bond donors (Lipinski definition) is 0. The van der Waals surface area contributed by atoms with Gasteiger partial charge in [0.25, 0.3) is 5.91 Å². The lowest BCUT2D eigenvalue weighted by Crippen LogP contribution is -2.30. The second-order valence-electron chi connectivity index (χ2n) is 5.99. The lowest BCUT2D eigenvalue weighted by Gasteiger charge is -2.19. The fraction of sp³-hybridized carbons (Fsp3) is 0.562. The van der Waals surface area contributed by atoms with Crippen LogP contribution in [-0.2, 0) is 0 Å². The summed E-state index contributed by atoms with van der Waals surface area (Å²) in [7, 11) is 1.37. The van der Waals surface area contributed by atoms with Crippen LogP contribution in [0.4, 0.5) is 13.2 Å². The van der Waals surface area contributed by atoms with Crippen molar-refractivity contribution in [1.82, 2.24) is 19.7 Å². The summed E-state index contributed by atoms with van der Waals surface area (Å²) < 4.78 is 38.9. The fourth-order valence-electron chi connectivity index (χ4n) is 2.42. The van der Waals surface area contributed by atoms with Gasteiger partial charge in [0.2, 0.25) is 0 Å². The maximum atomic E-state index is 12.6. The van der Waals surface area contributed by atoms with Gasteiger partial charge in [0.05, 0.1) is 29.6 Å². The van der Waals surface area contributed by atoms with Gasteiger partial charge in [0, 0.05) is 19.3 Å². The zero-order valence-electron chi connectivity index (χ0n) is 14.2. The number of amides is 1. The molecule has 0 saturated heterocycles. The molecule has 0 radical (unpaired) electrons. The minimum absolute atomic E-state index is 0.114. The van der Waals surface area contributed by atoms with Gasteiger partial charge < -0.3 is 4.90 Å². The van der Waals surface area contributed by atoms with Gasteiger partial charge in [-0.1, -0.05) is 6.92 Å². The largest absolute Gasteiger partial charge is 0.390 e. The number of alkyl halides is 3. The van der Waals surface area contributed by atoms with Crippen molar-refractivity contribution < 1.29 is 18.0 Å². The van der Waals surface area contributed by atoms with Crippen molar-refractivity contribution in [3.8, 4) is 0 Å². The van der Waals surface area contributed by atoms with Gasteiger partial charge in [0.15, 0.2) is 5.65 Å². The Kier molecular flexibility index (Phi) is 5.15. The van der Waals surface area contributed by atoms with Crippen LogP contribution in [0.1, 0.15) is 48.8 Å². The third-order valence-corrected chi connectivity index (χ3v) is 4.01. The summed E-state index contributed by atoms with van der Waals surface area (Å²) in [5.41, 5.74) is 1.54. The van der Waals surface area contributed by atoms with Gasteiger partial charge in [-0.15, -0.1) is 0 Å². The SMILES string of the molecule is CCC(C)n1ncc2c(C(=O)N(C)CCC(F)(F)F)cc(C)nc21. The van der Waals surface area contributed by atoms with Crippen LogP contribution in [0.2, 0.25) is 0 Å². The Labute approximate surface area is 138 Å². The molecule has 0 N–H and O–H groups in total. The highest BCUT2D eigenvalue weighted by atomic mass is 19.4. The summed E-state index contributed by atoms with van der Waals surface area (Å²) in [6, 6.07) is 1.71. The Morgan fingerprint density at radius 3 is 2.67 bits per heavy atom. The van der Waals surface area contributed by atoms with Gasteiger partial charge in [-0.2, -0.15) is 18.3 Å². The monoisotopic (exact) mass is 342 g/mol. The van der Waals surface area contributed by atoms with Gasteiger partial charge in [-0.3, -0.25) is 4.79 Å². The van der Waals surface area contributed by atoms with Crippen LogP contribution in [-0.4, -0.2) is 45.3 Å². The molecule has 0 aromatic carbocycles. The molecule has 0 aliphatic heterocycles. The Balaban J connectivity index is 2.38. The summed E-state index contributed by atoms with van der Waals surface area (Å²) in [5.74, 6) is -0.460. The third kappa shape index (κ3) is 3.85. The van der Waals surface area contributed by atoms with E-state index < -0.39 is 18.5 Å². The van der Waals surface area contributed by atoms with E-state index in [1.807, 2.05) is 13.8 Å². The van der Waals surface area contributed by atoms with E-state index in [1.165, 1.54) is 7.05 Å². The first-order chi connectivity index (χ1) is 11.1. The first kappa shape index (κ1) is 18.2. The van der Waals surface area contributed by atoms with Crippen LogP contribution in [0.25, 0.3) is 11.0 Å². The molecule has 0 aliphatic carbocycles. The standard InChI is InChI=1S/C16H21F3N4O/c1-5-11(3)23-14-13(9-20-23)12(8-10(2)21-14)15(24)22(4)7-6-16(17,18)19/h8-9,11H,5-7H2,1-4H3. The highest BCUT2D eigenvalue weighted by molar-refractivity contribution is 6.05. The number of nitrogens with zero attached hydrogens (tertiary/aromatic N) is 4. The van der Waals surface area contributed by atoms with E-state index in [4.69, 9.17) is 0 Å². The molecule has 1 atom stereocenters. The second kappa shape index (κ2) is 6.78. The number of aryl methyl sites for hydroxylation is 1. The number of rotatable bonds is 5. The van der Waals surface area contributed by atoms with Gasteiger partial charge >= 0.3 is 6.18 Å². The average Bonchev–Trinajstić information content (AvgIpc) is 2.93. The number of fused-ring (bicyclic) bond motifs is 1. The highest BCUT2D eigenvalue weighted by Gasteiger charge is 2.29. The van der Waals surface area contributed by atoms with E-state index >= 15 is 0 Å². The average molecular weight is 342 g/mol. The number of hydrogen-bond acceptors (Lipinski definition) is 3. The molecule has 5 nitrogen and oxygen atoms in total. The smallest absolute Gasteiger partial charge is 0.341 e. The molecule has 0 bridgehead atoms. The summed E-state index contributed by atoms with van der Waals surface area (Å²) in [5, 5.41) is 4.86. The molecular weight excluding hydrogens is 321 g/mol. The predicted octanol–water partition coefficient (Wildman–Crippen LogP) is 3.74. The van der Waals surface area contributed by atoms with Crippen LogP contribution in [0, 0.1) is 6.92 Å². The Bertz CT molecular complexity index is 739. The van der Waals surface area contributed by atoms with E-state index in [0.29, 0.717) is 22.3 Å². The second-order valence-corrected chi connectivity index (χ2v) is 5.99. The van der Waals surface area contributed by atoms with Crippen molar-refractivity contribution in [2.24, 2.45) is 0 Å². The third-order valence-electron chi connectivity index (χ3n) is 4.01. The quantitative estimate of drug-likeness (QED) is 0.832. The van der Waals surface area contributed by atoms with Gasteiger partial charge in [0.1, 0.15) is 0 Å². The van der Waals surface area contributed by atoms with E-state index in [9.17, 15) is 18.0 Å². The zero-order chi connectivity index (χ0) is 18.1. The number of halogens is 3. The molecule has 2 rings (SSSR count). The summed E-state index contributed by atoms with van der Waals surface area (Å²) >= 11 is 0. The highest BCUT2D eigenvalue weighted by Crippen LogP contribution is 2.24. The normalized spacial score (nSPS) is 13.3. The van der Waals surface area contributed by atoms with Crippen LogP contribution in [0.5, 0.6) is 0 Å². The van der Waals surface area contributed by atoms with Crippen molar-refractivity contribution in [2.45, 2.75) is 45.8 Å². The van der Waals surface area contributed by atoms with Crippen LogP contribution in [0.3, 0.4) is 0 Å². The molecule has 1 unspecified atom stereocenters. The molecule has 2 aromatic rings. The minimum atomic E-state index is -4.29. The molecule has 0 fully saturated rings. The molecule has 2 heterocycles.